The second kappa shape index (κ2) is 6.32. The molecule has 1 aromatic heterocycles. The van der Waals surface area contributed by atoms with Crippen LogP contribution < -0.4 is 5.32 Å². The smallest absolute Gasteiger partial charge is 0.244 e. The zero-order valence-electron chi connectivity index (χ0n) is 11.3. The minimum Gasteiger partial charge on any atom is -0.380 e. The van der Waals surface area contributed by atoms with Crippen LogP contribution in [0.1, 0.15) is 17.7 Å². The van der Waals surface area contributed by atoms with E-state index in [1.54, 1.807) is 17.5 Å². The van der Waals surface area contributed by atoms with E-state index in [1.807, 2.05) is 12.4 Å². The Morgan fingerprint density at radius 2 is 2.37 bits per heavy atom. The molecule has 0 amide bonds. The van der Waals surface area contributed by atoms with Crippen LogP contribution in [0.2, 0.25) is 0 Å². The molecule has 19 heavy (non-hydrogen) atoms. The summed E-state index contributed by atoms with van der Waals surface area (Å²) < 4.78 is 32.2. The van der Waals surface area contributed by atoms with Gasteiger partial charge in [0.15, 0.2) is 0 Å². The van der Waals surface area contributed by atoms with Crippen LogP contribution in [0.4, 0.5) is 0 Å². The van der Waals surface area contributed by atoms with E-state index in [9.17, 15) is 8.42 Å². The van der Waals surface area contributed by atoms with Gasteiger partial charge in [-0.3, -0.25) is 0 Å². The van der Waals surface area contributed by atoms with Crippen molar-refractivity contribution in [2.75, 3.05) is 27.2 Å². The Bertz CT molecular complexity index is 513. The number of methoxy groups -OCH3 is 1. The molecule has 0 radical (unpaired) electrons. The topological polar surface area (TPSA) is 58.6 Å². The Morgan fingerprint density at radius 1 is 1.58 bits per heavy atom. The van der Waals surface area contributed by atoms with Crippen LogP contribution in [0.15, 0.2) is 16.3 Å². The van der Waals surface area contributed by atoms with Crippen LogP contribution in [-0.4, -0.2) is 46.1 Å². The van der Waals surface area contributed by atoms with Crippen molar-refractivity contribution in [3.05, 3.63) is 16.3 Å². The van der Waals surface area contributed by atoms with Gasteiger partial charge >= 0.3 is 0 Å². The molecule has 1 aliphatic heterocycles. The van der Waals surface area contributed by atoms with Gasteiger partial charge in [0.2, 0.25) is 10.0 Å². The lowest BCUT2D eigenvalue weighted by molar-refractivity contribution is 0.0572. The molecular formula is C12H20N2O3S2. The molecular weight excluding hydrogens is 284 g/mol. The molecule has 0 aromatic carbocycles. The zero-order chi connectivity index (χ0) is 13.9. The molecule has 0 saturated carbocycles. The summed E-state index contributed by atoms with van der Waals surface area (Å²) in [6.07, 6.45) is 1.79. The van der Waals surface area contributed by atoms with Gasteiger partial charge in [-0.2, -0.15) is 4.31 Å². The van der Waals surface area contributed by atoms with Crippen molar-refractivity contribution >= 4 is 21.4 Å². The third-order valence-corrected chi connectivity index (χ3v) is 6.33. The van der Waals surface area contributed by atoms with Crippen LogP contribution in [0, 0.1) is 0 Å². The van der Waals surface area contributed by atoms with Gasteiger partial charge < -0.3 is 10.1 Å². The summed E-state index contributed by atoms with van der Waals surface area (Å²) >= 11 is 1.47. The first-order valence-corrected chi connectivity index (χ1v) is 8.65. The highest BCUT2D eigenvalue weighted by atomic mass is 32.2. The monoisotopic (exact) mass is 304 g/mol. The summed E-state index contributed by atoms with van der Waals surface area (Å²) in [6.45, 7) is 1.61. The highest BCUT2D eigenvalue weighted by Crippen LogP contribution is 2.27. The van der Waals surface area contributed by atoms with Gasteiger partial charge in [0, 0.05) is 31.6 Å². The highest BCUT2D eigenvalue weighted by molar-refractivity contribution is 7.89. The predicted molar refractivity (Wildman–Crippen MR) is 75.9 cm³/mol. The molecule has 0 spiro atoms. The number of nitrogens with zero attached hydrogens (tertiary/aromatic N) is 1. The minimum absolute atomic E-state index is 0.00918. The first-order chi connectivity index (χ1) is 9.09. The first kappa shape index (κ1) is 14.9. The largest absolute Gasteiger partial charge is 0.380 e. The van der Waals surface area contributed by atoms with Crippen LogP contribution in [-0.2, 0) is 21.3 Å². The number of ether oxygens (including phenoxy) is 1. The summed E-state index contributed by atoms with van der Waals surface area (Å²) in [5.74, 6) is 0. The number of hydrogen-bond donors (Lipinski definition) is 1. The molecule has 2 heterocycles. The normalized spacial score (nSPS) is 21.7. The lowest BCUT2D eigenvalue weighted by atomic mass is 10.1. The van der Waals surface area contributed by atoms with Crippen LogP contribution in [0.5, 0.6) is 0 Å². The number of nitrogens with one attached hydrogen (secondary N) is 1. The van der Waals surface area contributed by atoms with E-state index in [0.29, 0.717) is 24.5 Å². The maximum Gasteiger partial charge on any atom is 0.244 e. The fourth-order valence-corrected chi connectivity index (χ4v) is 5.24. The second-order valence-corrected chi connectivity index (χ2v) is 7.51. The fourth-order valence-electron chi connectivity index (χ4n) is 2.30. The summed E-state index contributed by atoms with van der Waals surface area (Å²) in [7, 11) is 0.0633. The number of rotatable bonds is 5. The molecule has 0 bridgehead atoms. The maximum atomic E-state index is 12.7. The van der Waals surface area contributed by atoms with Crippen molar-refractivity contribution in [2.45, 2.75) is 30.4 Å². The molecule has 108 valence electrons. The van der Waals surface area contributed by atoms with Crippen molar-refractivity contribution in [1.29, 1.82) is 0 Å². The molecule has 1 aromatic rings. The number of hydrogen-bond acceptors (Lipinski definition) is 5. The second-order valence-electron chi connectivity index (χ2n) is 4.60. The molecule has 1 unspecified atom stereocenters. The summed E-state index contributed by atoms with van der Waals surface area (Å²) in [5.41, 5.74) is 0. The van der Waals surface area contributed by atoms with Crippen molar-refractivity contribution in [3.63, 3.8) is 0 Å². The maximum absolute atomic E-state index is 12.7. The van der Waals surface area contributed by atoms with E-state index >= 15 is 0 Å². The molecule has 1 fully saturated rings. The Kier molecular flexibility index (Phi) is 4.97. The van der Waals surface area contributed by atoms with Gasteiger partial charge in [-0.25, -0.2) is 8.42 Å². The Hall–Kier alpha value is -0.470. The summed E-state index contributed by atoms with van der Waals surface area (Å²) in [5, 5.41) is 4.84. The average molecular weight is 304 g/mol. The minimum atomic E-state index is -3.39. The Balaban J connectivity index is 2.23. The van der Waals surface area contributed by atoms with E-state index in [4.69, 9.17) is 4.74 Å². The highest BCUT2D eigenvalue weighted by Gasteiger charge is 2.32. The van der Waals surface area contributed by atoms with Crippen molar-refractivity contribution < 1.29 is 13.2 Å². The average Bonchev–Trinajstić information content (AvgIpc) is 2.88. The van der Waals surface area contributed by atoms with Crippen LogP contribution in [0.3, 0.4) is 0 Å². The van der Waals surface area contributed by atoms with Crippen molar-refractivity contribution in [3.8, 4) is 0 Å². The molecule has 1 atom stereocenters. The molecule has 1 aliphatic rings. The lowest BCUT2D eigenvalue weighted by Gasteiger charge is -2.31. The summed E-state index contributed by atoms with van der Waals surface area (Å²) in [6, 6.07) is 1.70. The van der Waals surface area contributed by atoms with E-state index in [0.717, 1.165) is 17.7 Å². The van der Waals surface area contributed by atoms with Gasteiger partial charge in [-0.1, -0.05) is 0 Å². The standard InChI is InChI=1S/C12H20N2O3S2/c1-13-8-11-12(5-7-18-11)19(15,16)14-6-3-4-10(9-14)17-2/h5,7,10,13H,3-4,6,8-9H2,1-2H3. The Labute approximate surface area is 118 Å². The molecule has 0 aliphatic carbocycles. The fraction of sp³-hybridized carbons (Fsp3) is 0.667. The molecule has 5 nitrogen and oxygen atoms in total. The zero-order valence-corrected chi connectivity index (χ0v) is 12.9. The van der Waals surface area contributed by atoms with Gasteiger partial charge in [0.1, 0.15) is 0 Å². The SMILES string of the molecule is CNCc1sccc1S(=O)(=O)N1CCCC(OC)C1. The molecule has 1 saturated heterocycles. The van der Waals surface area contributed by atoms with E-state index < -0.39 is 10.0 Å². The van der Waals surface area contributed by atoms with Gasteiger partial charge in [0.25, 0.3) is 0 Å². The van der Waals surface area contributed by atoms with E-state index in [1.165, 1.54) is 11.3 Å². The van der Waals surface area contributed by atoms with E-state index in [2.05, 4.69) is 5.32 Å². The molecule has 7 heteroatoms. The van der Waals surface area contributed by atoms with Crippen LogP contribution >= 0.6 is 11.3 Å². The number of sulfonamides is 1. The summed E-state index contributed by atoms with van der Waals surface area (Å²) in [4.78, 5) is 1.30. The van der Waals surface area contributed by atoms with Gasteiger partial charge in [-0.15, -0.1) is 11.3 Å². The molecule has 1 N–H and O–H groups in total. The van der Waals surface area contributed by atoms with Gasteiger partial charge in [0.05, 0.1) is 11.0 Å². The predicted octanol–water partition coefficient (Wildman–Crippen LogP) is 1.27. The van der Waals surface area contributed by atoms with Crippen molar-refractivity contribution in [2.24, 2.45) is 0 Å². The van der Waals surface area contributed by atoms with Crippen LogP contribution in [0.25, 0.3) is 0 Å². The quantitative estimate of drug-likeness (QED) is 0.890. The molecule has 2 rings (SSSR count). The van der Waals surface area contributed by atoms with E-state index in [-0.39, 0.29) is 6.10 Å². The Morgan fingerprint density at radius 3 is 3.05 bits per heavy atom. The number of thiophene rings is 1. The lowest BCUT2D eigenvalue weighted by Crippen LogP contribution is -2.42. The first-order valence-electron chi connectivity index (χ1n) is 6.33. The third-order valence-electron chi connectivity index (χ3n) is 3.33. The van der Waals surface area contributed by atoms with Crippen molar-refractivity contribution in [1.82, 2.24) is 9.62 Å². The van der Waals surface area contributed by atoms with Gasteiger partial charge in [-0.05, 0) is 31.3 Å². The number of piperidine rings is 1. The third kappa shape index (κ3) is 3.17.